The van der Waals surface area contributed by atoms with Crippen LogP contribution in [0.15, 0.2) is 41.6 Å². The second-order valence-electron chi connectivity index (χ2n) is 6.31. The van der Waals surface area contributed by atoms with Gasteiger partial charge in [-0.1, -0.05) is 11.3 Å². The Kier molecular flexibility index (Phi) is 4.50. The maximum Gasteiger partial charge on any atom is 0.188 e. The number of ether oxygens (including phenoxy) is 1. The molecule has 0 aliphatic rings. The number of aryl methyl sites for hydroxylation is 1. The molecule has 0 saturated heterocycles. The number of imidazole rings is 1. The zero-order chi connectivity index (χ0) is 18.3. The minimum absolute atomic E-state index is 0.110. The van der Waals surface area contributed by atoms with E-state index >= 15 is 0 Å². The van der Waals surface area contributed by atoms with Gasteiger partial charge in [0.25, 0.3) is 0 Å². The number of anilines is 2. The third-order valence-electron chi connectivity index (χ3n) is 4.04. The Morgan fingerprint density at radius 2 is 2.04 bits per heavy atom. The normalized spacial score (nSPS) is 11.6. The third-order valence-corrected chi connectivity index (χ3v) is 5.71. The summed E-state index contributed by atoms with van der Waals surface area (Å²) in [5.74, 6) is 0.833. The molecule has 0 amide bonds. The van der Waals surface area contributed by atoms with E-state index in [2.05, 4.69) is 40.8 Å². The molecule has 0 spiro atoms. The first-order valence-corrected chi connectivity index (χ1v) is 10.4. The van der Waals surface area contributed by atoms with Gasteiger partial charge in [-0.3, -0.25) is 0 Å². The van der Waals surface area contributed by atoms with Gasteiger partial charge in [0.15, 0.2) is 5.13 Å². The molecule has 2 aromatic carbocycles. The molecular formula is C19H20N4OS2. The molecule has 0 unspecified atom stereocenters. The maximum absolute atomic E-state index is 5.95. The zero-order valence-electron chi connectivity index (χ0n) is 15.1. The van der Waals surface area contributed by atoms with Crippen molar-refractivity contribution in [3.05, 3.63) is 36.7 Å². The first kappa shape index (κ1) is 17.2. The van der Waals surface area contributed by atoms with Crippen LogP contribution in [-0.4, -0.2) is 26.9 Å². The number of hydrogen-bond donors (Lipinski definition) is 1. The summed E-state index contributed by atoms with van der Waals surface area (Å²) >= 11 is 3.33. The van der Waals surface area contributed by atoms with E-state index in [0.29, 0.717) is 0 Å². The molecule has 0 saturated carbocycles. The van der Waals surface area contributed by atoms with Gasteiger partial charge in [-0.15, -0.1) is 11.8 Å². The molecular weight excluding hydrogens is 364 g/mol. The fourth-order valence-corrected chi connectivity index (χ4v) is 4.17. The van der Waals surface area contributed by atoms with E-state index in [0.717, 1.165) is 37.8 Å². The number of fused-ring (bicyclic) bond motifs is 3. The van der Waals surface area contributed by atoms with Gasteiger partial charge < -0.3 is 14.6 Å². The van der Waals surface area contributed by atoms with Crippen LogP contribution in [0.5, 0.6) is 5.75 Å². The highest BCUT2D eigenvalue weighted by Crippen LogP contribution is 2.36. The second kappa shape index (κ2) is 6.81. The van der Waals surface area contributed by atoms with Gasteiger partial charge in [0.05, 0.1) is 28.3 Å². The Hall–Kier alpha value is -2.25. The van der Waals surface area contributed by atoms with Crippen molar-refractivity contribution in [2.24, 2.45) is 7.05 Å². The van der Waals surface area contributed by atoms with Crippen LogP contribution in [0.4, 0.5) is 10.8 Å². The summed E-state index contributed by atoms with van der Waals surface area (Å²) in [7, 11) is 2.00. The van der Waals surface area contributed by atoms with Crippen LogP contribution < -0.4 is 10.1 Å². The van der Waals surface area contributed by atoms with Gasteiger partial charge in [0, 0.05) is 11.9 Å². The molecule has 0 fully saturated rings. The van der Waals surface area contributed by atoms with Crippen molar-refractivity contribution >= 4 is 55.2 Å². The van der Waals surface area contributed by atoms with Crippen LogP contribution in [0.2, 0.25) is 0 Å². The molecule has 7 heteroatoms. The SMILES string of the molecule is CSc1ccc(OC(C)C)c(Nc2nc3c(ccc4c3ncn4C)s2)c1. The minimum Gasteiger partial charge on any atom is -0.489 e. The van der Waals surface area contributed by atoms with Crippen molar-refractivity contribution in [2.45, 2.75) is 24.8 Å². The van der Waals surface area contributed by atoms with E-state index in [1.54, 1.807) is 23.1 Å². The molecule has 0 atom stereocenters. The summed E-state index contributed by atoms with van der Waals surface area (Å²) in [5.41, 5.74) is 3.89. The Labute approximate surface area is 160 Å². The molecule has 0 radical (unpaired) electrons. The van der Waals surface area contributed by atoms with Crippen LogP contribution in [-0.2, 0) is 7.05 Å². The first-order valence-electron chi connectivity index (χ1n) is 8.37. The molecule has 2 heterocycles. The molecule has 0 bridgehead atoms. The fraction of sp³-hybridized carbons (Fsp3) is 0.263. The number of rotatable bonds is 5. The minimum atomic E-state index is 0.110. The highest BCUT2D eigenvalue weighted by atomic mass is 32.2. The average Bonchev–Trinajstić information content (AvgIpc) is 3.19. The molecule has 4 aromatic rings. The van der Waals surface area contributed by atoms with Crippen molar-refractivity contribution < 1.29 is 4.74 Å². The lowest BCUT2D eigenvalue weighted by molar-refractivity contribution is 0.243. The molecule has 5 nitrogen and oxygen atoms in total. The predicted octanol–water partition coefficient (Wildman–Crippen LogP) is 5.44. The standard InChI is InChI=1S/C19H20N4OS2/c1-11(2)24-15-7-5-12(25-4)9-13(15)21-19-22-18-16(26-19)8-6-14-17(18)20-10-23(14)3/h5-11H,1-4H3,(H,21,22). The van der Waals surface area contributed by atoms with Crippen LogP contribution in [0, 0.1) is 0 Å². The van der Waals surface area contributed by atoms with Crippen molar-refractivity contribution in [1.29, 1.82) is 0 Å². The quantitative estimate of drug-likeness (QED) is 0.465. The summed E-state index contributed by atoms with van der Waals surface area (Å²) in [5, 5.41) is 4.29. The molecule has 26 heavy (non-hydrogen) atoms. The van der Waals surface area contributed by atoms with Crippen molar-refractivity contribution in [1.82, 2.24) is 14.5 Å². The van der Waals surface area contributed by atoms with E-state index in [-0.39, 0.29) is 6.10 Å². The largest absolute Gasteiger partial charge is 0.489 e. The number of nitrogens with zero attached hydrogens (tertiary/aromatic N) is 3. The highest BCUT2D eigenvalue weighted by Gasteiger charge is 2.13. The van der Waals surface area contributed by atoms with Crippen molar-refractivity contribution in [3.8, 4) is 5.75 Å². The summed E-state index contributed by atoms with van der Waals surface area (Å²) < 4.78 is 9.08. The summed E-state index contributed by atoms with van der Waals surface area (Å²) in [4.78, 5) is 10.5. The lowest BCUT2D eigenvalue weighted by Crippen LogP contribution is -2.07. The van der Waals surface area contributed by atoms with Gasteiger partial charge in [0.2, 0.25) is 0 Å². The number of thiazole rings is 1. The lowest BCUT2D eigenvalue weighted by Gasteiger charge is -2.15. The van der Waals surface area contributed by atoms with Gasteiger partial charge in [0.1, 0.15) is 16.8 Å². The third kappa shape index (κ3) is 3.12. The van der Waals surface area contributed by atoms with E-state index in [1.165, 1.54) is 4.90 Å². The Bertz CT molecular complexity index is 1080. The molecule has 0 aliphatic carbocycles. The smallest absolute Gasteiger partial charge is 0.188 e. The van der Waals surface area contributed by atoms with Crippen LogP contribution in [0.25, 0.3) is 21.3 Å². The molecule has 4 rings (SSSR count). The van der Waals surface area contributed by atoms with Crippen molar-refractivity contribution in [3.63, 3.8) is 0 Å². The van der Waals surface area contributed by atoms with Gasteiger partial charge in [-0.2, -0.15) is 0 Å². The van der Waals surface area contributed by atoms with E-state index in [4.69, 9.17) is 9.72 Å². The highest BCUT2D eigenvalue weighted by molar-refractivity contribution is 7.98. The average molecular weight is 385 g/mol. The van der Waals surface area contributed by atoms with Crippen LogP contribution in [0.1, 0.15) is 13.8 Å². The molecule has 1 N–H and O–H groups in total. The summed E-state index contributed by atoms with van der Waals surface area (Å²) in [6, 6.07) is 10.4. The van der Waals surface area contributed by atoms with Gasteiger partial charge in [-0.05, 0) is 50.4 Å². The number of hydrogen-bond acceptors (Lipinski definition) is 6. The van der Waals surface area contributed by atoms with Crippen molar-refractivity contribution in [2.75, 3.05) is 11.6 Å². The monoisotopic (exact) mass is 384 g/mol. The fourth-order valence-electron chi connectivity index (χ4n) is 2.85. The number of benzene rings is 2. The van der Waals surface area contributed by atoms with Crippen LogP contribution >= 0.6 is 23.1 Å². The number of thioether (sulfide) groups is 1. The van der Waals surface area contributed by atoms with Gasteiger partial charge in [-0.25, -0.2) is 9.97 Å². The molecule has 134 valence electrons. The topological polar surface area (TPSA) is 52.0 Å². The second-order valence-corrected chi connectivity index (χ2v) is 8.22. The van der Waals surface area contributed by atoms with Gasteiger partial charge >= 0.3 is 0 Å². The van der Waals surface area contributed by atoms with E-state index in [1.807, 2.05) is 37.9 Å². The Morgan fingerprint density at radius 1 is 1.19 bits per heavy atom. The summed E-state index contributed by atoms with van der Waals surface area (Å²) in [6.45, 7) is 4.06. The van der Waals surface area contributed by atoms with E-state index < -0.39 is 0 Å². The summed E-state index contributed by atoms with van der Waals surface area (Å²) in [6.07, 6.45) is 4.00. The van der Waals surface area contributed by atoms with Crippen LogP contribution in [0.3, 0.4) is 0 Å². The maximum atomic E-state index is 5.95. The van der Waals surface area contributed by atoms with E-state index in [9.17, 15) is 0 Å². The Balaban J connectivity index is 1.76. The zero-order valence-corrected chi connectivity index (χ0v) is 16.7. The first-order chi connectivity index (χ1) is 12.5. The Morgan fingerprint density at radius 3 is 2.81 bits per heavy atom. The molecule has 0 aliphatic heterocycles. The lowest BCUT2D eigenvalue weighted by atomic mass is 10.3. The predicted molar refractivity (Wildman–Crippen MR) is 111 cm³/mol. The molecule has 2 aromatic heterocycles. The number of nitrogens with one attached hydrogen (secondary N) is 1. The number of aromatic nitrogens is 3.